The smallest absolute Gasteiger partial charge is 0.306 e. The fourth-order valence-electron chi connectivity index (χ4n) is 2.99. The van der Waals surface area contributed by atoms with Gasteiger partial charge in [-0.1, -0.05) is 12.8 Å². The van der Waals surface area contributed by atoms with Crippen LogP contribution in [0.5, 0.6) is 0 Å². The monoisotopic (exact) mass is 387 g/mol. The predicted octanol–water partition coefficient (Wildman–Crippen LogP) is 2.94. The number of nitrogens with one attached hydrogen (secondary N) is 1. The van der Waals surface area contributed by atoms with Crippen molar-refractivity contribution >= 4 is 23.6 Å². The minimum atomic E-state index is -2.58. The highest BCUT2D eigenvalue weighted by Crippen LogP contribution is 2.24. The number of alkyl halides is 2. The van der Waals surface area contributed by atoms with E-state index in [1.165, 1.54) is 0 Å². The lowest BCUT2D eigenvalue weighted by atomic mass is 10.1. The first-order chi connectivity index (χ1) is 12.3. The second-order valence-electron chi connectivity index (χ2n) is 6.24. The van der Waals surface area contributed by atoms with Crippen LogP contribution in [0.15, 0.2) is 5.16 Å². The van der Waals surface area contributed by atoms with Crippen molar-refractivity contribution in [1.82, 2.24) is 15.3 Å². The van der Waals surface area contributed by atoms with Gasteiger partial charge >= 0.3 is 5.97 Å². The number of hydrogen-bond acceptors (Lipinski definition) is 6. The van der Waals surface area contributed by atoms with Crippen LogP contribution in [0.3, 0.4) is 0 Å². The average molecular weight is 387 g/mol. The Hall–Kier alpha value is -1.77. The van der Waals surface area contributed by atoms with Gasteiger partial charge in [0.25, 0.3) is 11.7 Å². The zero-order valence-corrected chi connectivity index (χ0v) is 15.7. The molecule has 0 bridgehead atoms. The molecule has 1 aliphatic carbocycles. The fraction of sp³-hybridized carbons (Fsp3) is 0.647. The lowest BCUT2D eigenvalue weighted by Gasteiger charge is -2.12. The molecule has 9 heteroatoms. The summed E-state index contributed by atoms with van der Waals surface area (Å²) in [5.74, 6) is -3.35. The van der Waals surface area contributed by atoms with Crippen LogP contribution in [0.4, 0.5) is 8.78 Å². The van der Waals surface area contributed by atoms with Crippen LogP contribution in [0, 0.1) is 13.8 Å². The minimum absolute atomic E-state index is 0.0184. The Morgan fingerprint density at radius 3 is 2.42 bits per heavy atom. The van der Waals surface area contributed by atoms with Crippen molar-refractivity contribution in [2.24, 2.45) is 0 Å². The maximum atomic E-state index is 12.4. The highest BCUT2D eigenvalue weighted by Gasteiger charge is 2.18. The zero-order chi connectivity index (χ0) is 19.1. The number of nitrogens with zero attached hydrogens (tertiary/aromatic N) is 2. The number of hydrogen-bond donors (Lipinski definition) is 1. The Labute approximate surface area is 155 Å². The molecule has 26 heavy (non-hydrogen) atoms. The molecule has 1 aliphatic rings. The minimum Gasteiger partial charge on any atom is -0.456 e. The molecule has 0 unspecified atom stereocenters. The lowest BCUT2D eigenvalue weighted by Crippen LogP contribution is -2.35. The Bertz CT molecular complexity index is 629. The van der Waals surface area contributed by atoms with Crippen LogP contribution >= 0.6 is 11.8 Å². The number of amides is 1. The summed E-state index contributed by atoms with van der Waals surface area (Å²) in [6.07, 6.45) is 4.57. The zero-order valence-electron chi connectivity index (χ0n) is 14.9. The van der Waals surface area contributed by atoms with Gasteiger partial charge in [-0.2, -0.15) is 8.78 Å². The van der Waals surface area contributed by atoms with Gasteiger partial charge in [0.2, 0.25) is 0 Å². The van der Waals surface area contributed by atoms with Gasteiger partial charge in [0, 0.05) is 23.9 Å². The Morgan fingerprint density at radius 1 is 1.23 bits per heavy atom. The summed E-state index contributed by atoms with van der Waals surface area (Å²) in [5.41, 5.74) is 1.86. The van der Waals surface area contributed by atoms with E-state index in [9.17, 15) is 18.4 Å². The molecule has 1 saturated carbocycles. The first kappa shape index (κ1) is 20.5. The third kappa shape index (κ3) is 6.51. The Morgan fingerprint density at radius 2 is 1.85 bits per heavy atom. The molecule has 1 N–H and O–H groups in total. The number of rotatable bonds is 8. The van der Waals surface area contributed by atoms with Crippen molar-refractivity contribution in [1.29, 1.82) is 0 Å². The van der Waals surface area contributed by atoms with Gasteiger partial charge in [-0.15, -0.1) is 0 Å². The van der Waals surface area contributed by atoms with E-state index in [1.54, 1.807) is 13.8 Å². The summed E-state index contributed by atoms with van der Waals surface area (Å²) >= 11 is 0.292. The number of aromatic nitrogens is 2. The van der Waals surface area contributed by atoms with Crippen molar-refractivity contribution in [2.75, 3.05) is 6.61 Å². The molecule has 0 aliphatic heterocycles. The van der Waals surface area contributed by atoms with Crippen LogP contribution in [0.1, 0.15) is 49.1 Å². The van der Waals surface area contributed by atoms with Crippen LogP contribution in [-0.4, -0.2) is 40.3 Å². The fourth-order valence-corrected chi connectivity index (χ4v) is 3.53. The number of carbonyl (C=O) groups excluding carboxylic acids is 2. The van der Waals surface area contributed by atoms with Gasteiger partial charge in [0.05, 0.1) is 0 Å². The molecule has 144 valence electrons. The molecule has 1 amide bonds. The standard InChI is InChI=1S/C17H23F2N3O3S/c1-10-13(11(2)21-17(20-10)26-16(18)19)7-8-15(24)25-9-14(23)22-12-5-3-4-6-12/h12,16H,3-9H2,1-2H3,(H,22,23). The van der Waals surface area contributed by atoms with E-state index in [4.69, 9.17) is 4.74 Å². The Kier molecular flexibility index (Phi) is 7.74. The first-order valence-electron chi connectivity index (χ1n) is 8.59. The van der Waals surface area contributed by atoms with Crippen molar-refractivity contribution in [3.8, 4) is 0 Å². The summed E-state index contributed by atoms with van der Waals surface area (Å²) in [7, 11) is 0. The van der Waals surface area contributed by atoms with E-state index >= 15 is 0 Å². The van der Waals surface area contributed by atoms with Crippen LogP contribution in [0.2, 0.25) is 0 Å². The maximum absolute atomic E-state index is 12.4. The normalized spacial score (nSPS) is 14.7. The van der Waals surface area contributed by atoms with Crippen molar-refractivity contribution < 1.29 is 23.1 Å². The molecule has 0 atom stereocenters. The number of thioether (sulfide) groups is 1. The molecule has 0 spiro atoms. The molecule has 0 radical (unpaired) electrons. The van der Waals surface area contributed by atoms with Gasteiger partial charge in [0.15, 0.2) is 11.8 Å². The number of carbonyl (C=O) groups is 2. The molecule has 1 heterocycles. The highest BCUT2D eigenvalue weighted by atomic mass is 32.2. The van der Waals surface area contributed by atoms with Crippen LogP contribution in [0.25, 0.3) is 0 Å². The Balaban J connectivity index is 1.78. The van der Waals surface area contributed by atoms with E-state index < -0.39 is 11.7 Å². The largest absolute Gasteiger partial charge is 0.456 e. The molecule has 1 aromatic heterocycles. The van der Waals surface area contributed by atoms with Gasteiger partial charge in [0.1, 0.15) is 0 Å². The van der Waals surface area contributed by atoms with Gasteiger partial charge in [-0.25, -0.2) is 9.97 Å². The third-order valence-corrected chi connectivity index (χ3v) is 4.83. The van der Waals surface area contributed by atoms with Gasteiger partial charge in [-0.05, 0) is 50.4 Å². The quantitative estimate of drug-likeness (QED) is 0.420. The number of aryl methyl sites for hydroxylation is 2. The summed E-state index contributed by atoms with van der Waals surface area (Å²) in [5, 5.41) is 2.87. The van der Waals surface area contributed by atoms with E-state index in [2.05, 4.69) is 15.3 Å². The molecule has 0 aromatic carbocycles. The molecular formula is C17H23F2N3O3S. The SMILES string of the molecule is Cc1nc(SC(F)F)nc(C)c1CCC(=O)OCC(=O)NC1CCCC1. The third-order valence-electron chi connectivity index (χ3n) is 4.26. The van der Waals surface area contributed by atoms with Crippen molar-refractivity contribution in [2.45, 2.75) is 69.3 Å². The number of ether oxygens (including phenoxy) is 1. The maximum Gasteiger partial charge on any atom is 0.306 e. The van der Waals surface area contributed by atoms with Gasteiger partial charge < -0.3 is 10.1 Å². The summed E-state index contributed by atoms with van der Waals surface area (Å²) in [4.78, 5) is 31.7. The van der Waals surface area contributed by atoms with E-state index in [-0.39, 0.29) is 30.1 Å². The molecule has 1 fully saturated rings. The predicted molar refractivity (Wildman–Crippen MR) is 93.0 cm³/mol. The summed E-state index contributed by atoms with van der Waals surface area (Å²) in [6, 6.07) is 0.188. The molecule has 0 saturated heterocycles. The number of esters is 1. The second-order valence-corrected chi connectivity index (χ2v) is 7.20. The number of halogens is 2. The van der Waals surface area contributed by atoms with Crippen LogP contribution < -0.4 is 5.32 Å². The van der Waals surface area contributed by atoms with E-state index in [0.29, 0.717) is 29.6 Å². The molecule has 1 aromatic rings. The first-order valence-corrected chi connectivity index (χ1v) is 9.47. The molecule has 2 rings (SSSR count). The van der Waals surface area contributed by atoms with Crippen LogP contribution in [-0.2, 0) is 20.7 Å². The van der Waals surface area contributed by atoms with Crippen molar-refractivity contribution in [3.63, 3.8) is 0 Å². The highest BCUT2D eigenvalue weighted by molar-refractivity contribution is 7.99. The molecular weight excluding hydrogens is 364 g/mol. The topological polar surface area (TPSA) is 81.2 Å². The lowest BCUT2D eigenvalue weighted by molar-refractivity contribution is -0.148. The van der Waals surface area contributed by atoms with Gasteiger partial charge in [-0.3, -0.25) is 9.59 Å². The average Bonchev–Trinajstić information content (AvgIpc) is 3.04. The summed E-state index contributed by atoms with van der Waals surface area (Å²) < 4.78 is 29.8. The summed E-state index contributed by atoms with van der Waals surface area (Å²) in [6.45, 7) is 3.10. The second kappa shape index (κ2) is 9.80. The van der Waals surface area contributed by atoms with E-state index in [0.717, 1.165) is 31.2 Å². The van der Waals surface area contributed by atoms with E-state index in [1.807, 2.05) is 0 Å². The molecule has 6 nitrogen and oxygen atoms in total. The van der Waals surface area contributed by atoms with Crippen molar-refractivity contribution in [3.05, 3.63) is 17.0 Å².